The molecule has 0 spiro atoms. The fourth-order valence-electron chi connectivity index (χ4n) is 2.01. The molecule has 2 aromatic carbocycles. The first-order valence-corrected chi connectivity index (χ1v) is 9.47. The molecule has 0 aliphatic heterocycles. The highest BCUT2D eigenvalue weighted by Gasteiger charge is 2.48. The fourth-order valence-corrected chi connectivity index (χ4v) is 2.47. The molecule has 0 radical (unpaired) electrons. The summed E-state index contributed by atoms with van der Waals surface area (Å²) in [6.07, 6.45) is 0. The maximum absolute atomic E-state index is 12.4. The van der Waals surface area contributed by atoms with Crippen LogP contribution in [0.15, 0.2) is 53.6 Å². The lowest BCUT2D eigenvalue weighted by molar-refractivity contribution is -0.0980. The Balaban J connectivity index is 0.00000218. The van der Waals surface area contributed by atoms with Crippen LogP contribution in [-0.2, 0) is 14.9 Å². The number of aryl methyl sites for hydroxylation is 1. The van der Waals surface area contributed by atoms with Gasteiger partial charge in [0.15, 0.2) is 0 Å². The van der Waals surface area contributed by atoms with Crippen molar-refractivity contribution in [1.82, 2.24) is 10.7 Å². The number of carbonyl (C=O) groups is 2. The second kappa shape index (κ2) is 10.4. The number of alkyl halides is 3. The van der Waals surface area contributed by atoms with Crippen molar-refractivity contribution in [3.8, 4) is 5.75 Å². The van der Waals surface area contributed by atoms with Gasteiger partial charge < -0.3 is 14.3 Å². The van der Waals surface area contributed by atoms with Gasteiger partial charge >= 0.3 is 21.7 Å². The van der Waals surface area contributed by atoms with Crippen molar-refractivity contribution in [2.24, 2.45) is 5.10 Å². The molecular weight excluding hydrogens is 427 g/mol. The van der Waals surface area contributed by atoms with E-state index in [9.17, 15) is 26.4 Å². The molecule has 30 heavy (non-hydrogen) atoms. The smallest absolute Gasteiger partial charge is 0.376 e. The first kappa shape index (κ1) is 24.6. The van der Waals surface area contributed by atoms with Crippen molar-refractivity contribution in [1.29, 1.82) is 0 Å². The van der Waals surface area contributed by atoms with E-state index in [-0.39, 0.29) is 0 Å². The molecule has 8 nitrogen and oxygen atoms in total. The standard InChI is InChI=1S/C17H16F3N3O4S.CH2O/c1-11-3-5-12(6-4-11)15(22-23-16(24)21-2)13-7-9-14(10-8-13)27-28(25,26)17(18,19)20;1-2/h3-10H,1-2H3,(H2,21,23,24);1H2/b22-15-;. The van der Waals surface area contributed by atoms with Crippen LogP contribution in [0.1, 0.15) is 16.7 Å². The van der Waals surface area contributed by atoms with E-state index in [1.807, 2.05) is 25.8 Å². The van der Waals surface area contributed by atoms with Crippen LogP contribution >= 0.6 is 0 Å². The molecule has 2 aromatic rings. The van der Waals surface area contributed by atoms with E-state index in [0.29, 0.717) is 16.8 Å². The normalized spacial score (nSPS) is 11.7. The maximum atomic E-state index is 12.4. The molecule has 2 amide bonds. The molecule has 12 heteroatoms. The molecule has 2 rings (SSSR count). The number of halogens is 3. The number of amides is 2. The highest BCUT2D eigenvalue weighted by Crippen LogP contribution is 2.27. The molecule has 0 aliphatic carbocycles. The van der Waals surface area contributed by atoms with Gasteiger partial charge in [-0.25, -0.2) is 10.2 Å². The Morgan fingerprint density at radius 1 is 1.00 bits per heavy atom. The zero-order valence-corrected chi connectivity index (χ0v) is 16.7. The van der Waals surface area contributed by atoms with Crippen LogP contribution in [0.3, 0.4) is 0 Å². The Bertz CT molecular complexity index is 989. The Morgan fingerprint density at radius 2 is 1.47 bits per heavy atom. The van der Waals surface area contributed by atoms with Crippen LogP contribution in [-0.4, -0.2) is 39.5 Å². The van der Waals surface area contributed by atoms with Crippen LogP contribution < -0.4 is 14.9 Å². The average molecular weight is 445 g/mol. The van der Waals surface area contributed by atoms with Crippen molar-refractivity contribution in [3.63, 3.8) is 0 Å². The third kappa shape index (κ3) is 6.58. The van der Waals surface area contributed by atoms with E-state index in [4.69, 9.17) is 4.79 Å². The molecule has 2 N–H and O–H groups in total. The summed E-state index contributed by atoms with van der Waals surface area (Å²) in [6.45, 7) is 3.89. The molecule has 0 aliphatic rings. The Kier molecular flexibility index (Phi) is 8.53. The molecule has 0 aromatic heterocycles. The summed E-state index contributed by atoms with van der Waals surface area (Å²) in [6, 6.07) is 11.3. The maximum Gasteiger partial charge on any atom is 0.534 e. The number of carbonyl (C=O) groups excluding carboxylic acids is 2. The number of nitrogens with zero attached hydrogens (tertiary/aromatic N) is 1. The number of hydrogen-bond donors (Lipinski definition) is 2. The third-order valence-corrected chi connectivity index (χ3v) is 4.42. The SMILES string of the molecule is C=O.CNC(=O)N/N=C(/c1ccc(C)cc1)c1ccc(OS(=O)(=O)C(F)(F)F)cc1. The topological polar surface area (TPSA) is 114 Å². The minimum Gasteiger partial charge on any atom is -0.376 e. The highest BCUT2D eigenvalue weighted by molar-refractivity contribution is 7.88. The number of benzene rings is 2. The van der Waals surface area contributed by atoms with Gasteiger partial charge in [0.1, 0.15) is 12.5 Å². The summed E-state index contributed by atoms with van der Waals surface area (Å²) < 4.78 is 63.5. The minimum atomic E-state index is -5.76. The van der Waals surface area contributed by atoms with Gasteiger partial charge in [0.05, 0.1) is 5.71 Å². The molecule has 0 fully saturated rings. The zero-order chi connectivity index (χ0) is 22.9. The third-order valence-electron chi connectivity index (χ3n) is 3.44. The molecule has 0 saturated heterocycles. The number of nitrogens with one attached hydrogen (secondary N) is 2. The first-order valence-electron chi connectivity index (χ1n) is 8.06. The minimum absolute atomic E-state index is 0.314. The highest BCUT2D eigenvalue weighted by atomic mass is 32.2. The molecule has 0 heterocycles. The summed E-state index contributed by atoms with van der Waals surface area (Å²) >= 11 is 0. The number of urea groups is 1. The van der Waals surface area contributed by atoms with E-state index >= 15 is 0 Å². The van der Waals surface area contributed by atoms with Crippen molar-refractivity contribution in [3.05, 3.63) is 65.2 Å². The van der Waals surface area contributed by atoms with Gasteiger partial charge in [0, 0.05) is 18.2 Å². The monoisotopic (exact) mass is 445 g/mol. The van der Waals surface area contributed by atoms with Crippen LogP contribution in [0, 0.1) is 6.92 Å². The summed E-state index contributed by atoms with van der Waals surface area (Å²) in [7, 11) is -4.35. The van der Waals surface area contributed by atoms with Gasteiger partial charge in [-0.15, -0.1) is 0 Å². The molecule has 162 valence electrons. The van der Waals surface area contributed by atoms with E-state index in [1.165, 1.54) is 19.2 Å². The predicted molar refractivity (Wildman–Crippen MR) is 104 cm³/mol. The van der Waals surface area contributed by atoms with Gasteiger partial charge in [0.2, 0.25) is 0 Å². The Hall–Kier alpha value is -3.41. The van der Waals surface area contributed by atoms with Crippen molar-refractivity contribution < 1.29 is 35.4 Å². The van der Waals surface area contributed by atoms with E-state index in [0.717, 1.165) is 17.7 Å². The number of hydrogen-bond acceptors (Lipinski definition) is 6. The van der Waals surface area contributed by atoms with E-state index < -0.39 is 27.4 Å². The van der Waals surface area contributed by atoms with Gasteiger partial charge in [-0.1, -0.05) is 29.8 Å². The molecule has 0 bridgehead atoms. The van der Waals surface area contributed by atoms with Crippen LogP contribution in [0.4, 0.5) is 18.0 Å². The zero-order valence-electron chi connectivity index (χ0n) is 15.9. The molecule has 0 atom stereocenters. The average Bonchev–Trinajstić information content (AvgIpc) is 2.70. The number of hydrazone groups is 1. The number of rotatable bonds is 5. The van der Waals surface area contributed by atoms with Crippen molar-refractivity contribution in [2.75, 3.05) is 7.05 Å². The molecule has 0 unspecified atom stereocenters. The predicted octanol–water partition coefficient (Wildman–Crippen LogP) is 2.72. The molecular formula is C18H18F3N3O5S. The van der Waals surface area contributed by atoms with E-state index in [2.05, 4.69) is 20.0 Å². The summed E-state index contributed by atoms with van der Waals surface area (Å²) in [4.78, 5) is 19.4. The largest absolute Gasteiger partial charge is 0.534 e. The van der Waals surface area contributed by atoms with Crippen LogP contribution in [0.5, 0.6) is 5.75 Å². The van der Waals surface area contributed by atoms with Gasteiger partial charge in [0.25, 0.3) is 0 Å². The van der Waals surface area contributed by atoms with Crippen molar-refractivity contribution in [2.45, 2.75) is 12.4 Å². The van der Waals surface area contributed by atoms with Crippen LogP contribution in [0.2, 0.25) is 0 Å². The summed E-state index contributed by atoms with van der Waals surface area (Å²) in [5, 5.41) is 6.35. The van der Waals surface area contributed by atoms with Gasteiger partial charge in [-0.3, -0.25) is 0 Å². The quantitative estimate of drug-likeness (QED) is 0.318. The Labute approximate surface area is 170 Å². The van der Waals surface area contributed by atoms with E-state index in [1.54, 1.807) is 12.1 Å². The van der Waals surface area contributed by atoms with Gasteiger partial charge in [-0.2, -0.15) is 26.7 Å². The Morgan fingerprint density at radius 3 is 1.90 bits per heavy atom. The second-order valence-electron chi connectivity index (χ2n) is 5.52. The van der Waals surface area contributed by atoms with Gasteiger partial charge in [-0.05, 0) is 31.2 Å². The van der Waals surface area contributed by atoms with Crippen LogP contribution in [0.25, 0.3) is 0 Å². The lowest BCUT2D eigenvalue weighted by Crippen LogP contribution is -2.30. The van der Waals surface area contributed by atoms with Crippen molar-refractivity contribution >= 4 is 28.7 Å². The lowest BCUT2D eigenvalue weighted by atomic mass is 10.0. The second-order valence-corrected chi connectivity index (χ2v) is 7.06. The lowest BCUT2D eigenvalue weighted by Gasteiger charge is -2.11. The fraction of sp³-hybridized carbons (Fsp3) is 0.167. The summed E-state index contributed by atoms with van der Waals surface area (Å²) in [5.41, 5.74) is -0.911. The first-order chi connectivity index (χ1) is 14.0. The molecule has 0 saturated carbocycles. The summed E-state index contributed by atoms with van der Waals surface area (Å²) in [5.74, 6) is -0.511.